The van der Waals surface area contributed by atoms with Gasteiger partial charge in [-0.3, -0.25) is 0 Å². The van der Waals surface area contributed by atoms with E-state index in [1.54, 1.807) is 0 Å². The maximum absolute atomic E-state index is 5.46. The summed E-state index contributed by atoms with van der Waals surface area (Å²) in [6.45, 7) is 12.7. The lowest BCUT2D eigenvalue weighted by atomic mass is 10.4. The number of ether oxygens (including phenoxy) is 1. The molecule has 1 fully saturated rings. The van der Waals surface area contributed by atoms with Crippen LogP contribution in [0.2, 0.25) is 0 Å². The van der Waals surface area contributed by atoms with E-state index in [4.69, 9.17) is 4.74 Å². The molecule has 80 valence electrons. The monoisotopic (exact) mass is 187 g/mol. The second-order valence-corrected chi connectivity index (χ2v) is 3.27. The minimum atomic E-state index is 0.415. The maximum Gasteiger partial charge on any atom is 0.0673 e. The first-order valence-corrected chi connectivity index (χ1v) is 5.67. The zero-order valence-corrected chi connectivity index (χ0v) is 9.68. The zero-order chi connectivity index (χ0) is 10.1. The lowest BCUT2D eigenvalue weighted by molar-refractivity contribution is 0.0515. The average Bonchev–Trinajstić information content (AvgIpc) is 2.61. The zero-order valence-electron chi connectivity index (χ0n) is 9.68. The number of rotatable bonds is 4. The molecular formula is C11H25NO. The number of hydrogen-bond acceptors (Lipinski definition) is 2. The molecule has 1 aliphatic heterocycles. The highest BCUT2D eigenvalue weighted by molar-refractivity contribution is 4.68. The van der Waals surface area contributed by atoms with Crippen molar-refractivity contribution in [3.05, 3.63) is 0 Å². The molecule has 0 aromatic heterocycles. The van der Waals surface area contributed by atoms with E-state index in [0.717, 1.165) is 13.2 Å². The normalized spacial score (nSPS) is 19.4. The number of nitrogens with zero attached hydrogens (tertiary/aromatic N) is 1. The Morgan fingerprint density at radius 3 is 2.23 bits per heavy atom. The molecule has 1 rings (SSSR count). The van der Waals surface area contributed by atoms with Crippen LogP contribution in [-0.2, 0) is 4.74 Å². The predicted octanol–water partition coefficient (Wildman–Crippen LogP) is 2.53. The first-order valence-electron chi connectivity index (χ1n) is 5.67. The molecule has 0 radical (unpaired) electrons. The van der Waals surface area contributed by atoms with Crippen LogP contribution < -0.4 is 0 Å². The molecular weight excluding hydrogens is 162 g/mol. The third kappa shape index (κ3) is 6.05. The molecule has 0 amide bonds. The van der Waals surface area contributed by atoms with Crippen molar-refractivity contribution in [3.63, 3.8) is 0 Å². The van der Waals surface area contributed by atoms with Gasteiger partial charge in [-0.2, -0.15) is 0 Å². The summed E-state index contributed by atoms with van der Waals surface area (Å²) < 4.78 is 5.46. The summed E-state index contributed by atoms with van der Waals surface area (Å²) in [6, 6.07) is 0. The Balaban J connectivity index is 0.000000671. The summed E-state index contributed by atoms with van der Waals surface area (Å²) in [5.74, 6) is 0. The second-order valence-electron chi connectivity index (χ2n) is 3.27. The van der Waals surface area contributed by atoms with Gasteiger partial charge in [0.05, 0.1) is 6.10 Å². The Morgan fingerprint density at radius 1 is 1.23 bits per heavy atom. The Labute approximate surface area is 83.3 Å². The molecule has 0 spiro atoms. The van der Waals surface area contributed by atoms with Crippen molar-refractivity contribution >= 4 is 0 Å². The molecule has 13 heavy (non-hydrogen) atoms. The molecule has 0 N–H and O–H groups in total. The van der Waals surface area contributed by atoms with Gasteiger partial charge in [-0.25, -0.2) is 0 Å². The second kappa shape index (κ2) is 8.52. The van der Waals surface area contributed by atoms with Crippen molar-refractivity contribution in [3.8, 4) is 0 Å². The largest absolute Gasteiger partial charge is 0.377 e. The third-order valence-corrected chi connectivity index (χ3v) is 2.17. The van der Waals surface area contributed by atoms with Crippen LogP contribution in [-0.4, -0.2) is 37.2 Å². The Bertz CT molecular complexity index is 100. The molecule has 1 aliphatic rings. The standard InChI is InChI=1S/C9H19NO.C2H6/c1-3-11-9(2)8-10-6-4-5-7-10;1-2/h9H,3-8H2,1-2H3;1-2H3. The molecule has 2 heteroatoms. The van der Waals surface area contributed by atoms with Gasteiger partial charge in [0.15, 0.2) is 0 Å². The fourth-order valence-corrected chi connectivity index (χ4v) is 1.67. The van der Waals surface area contributed by atoms with E-state index in [0.29, 0.717) is 6.10 Å². The van der Waals surface area contributed by atoms with Crippen molar-refractivity contribution in [1.82, 2.24) is 4.90 Å². The van der Waals surface area contributed by atoms with E-state index in [9.17, 15) is 0 Å². The van der Waals surface area contributed by atoms with Crippen molar-refractivity contribution in [2.75, 3.05) is 26.2 Å². The topological polar surface area (TPSA) is 12.5 Å². The molecule has 1 unspecified atom stereocenters. The highest BCUT2D eigenvalue weighted by Gasteiger charge is 2.13. The smallest absolute Gasteiger partial charge is 0.0673 e. The van der Waals surface area contributed by atoms with E-state index < -0.39 is 0 Å². The highest BCUT2D eigenvalue weighted by atomic mass is 16.5. The molecule has 1 heterocycles. The third-order valence-electron chi connectivity index (χ3n) is 2.17. The average molecular weight is 187 g/mol. The van der Waals surface area contributed by atoms with Crippen LogP contribution >= 0.6 is 0 Å². The lowest BCUT2D eigenvalue weighted by Gasteiger charge is -2.19. The van der Waals surface area contributed by atoms with Crippen LogP contribution in [0.1, 0.15) is 40.5 Å². The van der Waals surface area contributed by atoms with Gasteiger partial charge in [0, 0.05) is 13.2 Å². The van der Waals surface area contributed by atoms with Crippen LogP contribution in [0.15, 0.2) is 0 Å². The van der Waals surface area contributed by atoms with E-state index in [1.807, 2.05) is 13.8 Å². The molecule has 2 nitrogen and oxygen atoms in total. The van der Waals surface area contributed by atoms with Gasteiger partial charge in [0.2, 0.25) is 0 Å². The molecule has 1 saturated heterocycles. The van der Waals surface area contributed by atoms with Crippen LogP contribution in [0.5, 0.6) is 0 Å². The number of likely N-dealkylation sites (tertiary alicyclic amines) is 1. The summed E-state index contributed by atoms with van der Waals surface area (Å²) >= 11 is 0. The van der Waals surface area contributed by atoms with E-state index in [2.05, 4.69) is 18.7 Å². The Morgan fingerprint density at radius 2 is 1.77 bits per heavy atom. The highest BCUT2D eigenvalue weighted by Crippen LogP contribution is 2.08. The van der Waals surface area contributed by atoms with Crippen molar-refractivity contribution in [2.45, 2.75) is 46.6 Å². The summed E-state index contributed by atoms with van der Waals surface area (Å²) in [7, 11) is 0. The first kappa shape index (κ1) is 12.9. The van der Waals surface area contributed by atoms with Crippen LogP contribution in [0.4, 0.5) is 0 Å². The summed E-state index contributed by atoms with van der Waals surface area (Å²) in [4.78, 5) is 2.49. The van der Waals surface area contributed by atoms with Crippen molar-refractivity contribution in [1.29, 1.82) is 0 Å². The van der Waals surface area contributed by atoms with Crippen LogP contribution in [0, 0.1) is 0 Å². The van der Waals surface area contributed by atoms with Gasteiger partial charge in [-0.15, -0.1) is 0 Å². The minimum absolute atomic E-state index is 0.415. The molecule has 1 atom stereocenters. The van der Waals surface area contributed by atoms with E-state index >= 15 is 0 Å². The van der Waals surface area contributed by atoms with Gasteiger partial charge < -0.3 is 9.64 Å². The molecule has 0 aliphatic carbocycles. The van der Waals surface area contributed by atoms with E-state index in [1.165, 1.54) is 25.9 Å². The summed E-state index contributed by atoms with van der Waals surface area (Å²) in [5, 5.41) is 0. The van der Waals surface area contributed by atoms with Gasteiger partial charge in [-0.05, 0) is 39.8 Å². The molecule has 0 bridgehead atoms. The summed E-state index contributed by atoms with van der Waals surface area (Å²) in [6.07, 6.45) is 3.16. The predicted molar refractivity (Wildman–Crippen MR) is 58.1 cm³/mol. The van der Waals surface area contributed by atoms with Crippen molar-refractivity contribution < 1.29 is 4.74 Å². The maximum atomic E-state index is 5.46. The quantitative estimate of drug-likeness (QED) is 0.670. The van der Waals surface area contributed by atoms with Crippen LogP contribution in [0.3, 0.4) is 0 Å². The molecule has 0 saturated carbocycles. The van der Waals surface area contributed by atoms with Crippen molar-refractivity contribution in [2.24, 2.45) is 0 Å². The fraction of sp³-hybridized carbons (Fsp3) is 1.00. The van der Waals surface area contributed by atoms with Gasteiger partial charge >= 0.3 is 0 Å². The Kier molecular flexibility index (Phi) is 8.46. The van der Waals surface area contributed by atoms with Gasteiger partial charge in [0.1, 0.15) is 0 Å². The van der Waals surface area contributed by atoms with Crippen LogP contribution in [0.25, 0.3) is 0 Å². The van der Waals surface area contributed by atoms with Gasteiger partial charge in [0.25, 0.3) is 0 Å². The summed E-state index contributed by atoms with van der Waals surface area (Å²) in [5.41, 5.74) is 0. The fourth-order valence-electron chi connectivity index (χ4n) is 1.67. The van der Waals surface area contributed by atoms with E-state index in [-0.39, 0.29) is 0 Å². The van der Waals surface area contributed by atoms with Gasteiger partial charge in [-0.1, -0.05) is 13.8 Å². The lowest BCUT2D eigenvalue weighted by Crippen LogP contribution is -2.29. The Hall–Kier alpha value is -0.0800. The molecule has 0 aromatic carbocycles. The first-order chi connectivity index (χ1) is 6.33. The minimum Gasteiger partial charge on any atom is -0.377 e. The molecule has 0 aromatic rings. The SMILES string of the molecule is CC.CCOC(C)CN1CCCC1. The number of hydrogen-bond donors (Lipinski definition) is 0.